The molecule has 0 N–H and O–H groups in total. The lowest BCUT2D eigenvalue weighted by molar-refractivity contribution is 1.40. The van der Waals surface area contributed by atoms with Crippen LogP contribution in [0.5, 0.6) is 0 Å². The second-order valence-electron chi connectivity index (χ2n) is 1.67. The molecule has 0 aromatic carbocycles. The van der Waals surface area contributed by atoms with Crippen molar-refractivity contribution in [2.24, 2.45) is 4.99 Å². The maximum atomic E-state index is 4.09. The molecule has 1 aromatic heterocycles. The first kappa shape index (κ1) is 4.21. The van der Waals surface area contributed by atoms with Crippen molar-refractivity contribution in [2.45, 2.75) is 6.42 Å². The van der Waals surface area contributed by atoms with E-state index in [1.807, 2.05) is 12.4 Å². The Morgan fingerprint density at radius 2 is 2.62 bits per heavy atom. The van der Waals surface area contributed by atoms with Crippen molar-refractivity contribution in [3.05, 3.63) is 11.8 Å². The minimum Gasteiger partial charge on any atom is -0.248 e. The van der Waals surface area contributed by atoms with E-state index < -0.39 is 0 Å². The molecule has 0 radical (unpaired) electrons. The van der Waals surface area contributed by atoms with Gasteiger partial charge in [-0.05, 0) is 11.5 Å². The molecule has 0 saturated carbocycles. The van der Waals surface area contributed by atoms with Gasteiger partial charge in [-0.25, -0.2) is 4.99 Å². The fourth-order valence-electron chi connectivity index (χ4n) is 0.727. The standard InChI is InChI=1S/C5H4N2S/c1-2-6-5-4(1)3-7-8-5/h2-3H,1H2. The third-order valence-corrected chi connectivity index (χ3v) is 1.89. The average molecular weight is 124 g/mol. The summed E-state index contributed by atoms with van der Waals surface area (Å²) in [5, 5.41) is 1.09. The molecule has 1 aromatic rings. The van der Waals surface area contributed by atoms with Gasteiger partial charge in [0.05, 0.1) is 0 Å². The molecule has 40 valence electrons. The third kappa shape index (κ3) is 0.419. The summed E-state index contributed by atoms with van der Waals surface area (Å²) in [6, 6.07) is 0. The van der Waals surface area contributed by atoms with Crippen LogP contribution in [0.25, 0.3) is 0 Å². The smallest absolute Gasteiger partial charge is 0.139 e. The van der Waals surface area contributed by atoms with Gasteiger partial charge in [-0.1, -0.05) is 0 Å². The molecule has 0 bridgehead atoms. The highest BCUT2D eigenvalue weighted by Crippen LogP contribution is 2.27. The van der Waals surface area contributed by atoms with E-state index in [0.717, 1.165) is 11.4 Å². The first-order valence-electron chi connectivity index (χ1n) is 2.43. The molecular weight excluding hydrogens is 120 g/mol. The van der Waals surface area contributed by atoms with Crippen LogP contribution < -0.4 is 0 Å². The molecule has 0 spiro atoms. The first-order chi connectivity index (χ1) is 3.97. The van der Waals surface area contributed by atoms with Gasteiger partial charge in [-0.3, -0.25) is 0 Å². The second-order valence-corrected chi connectivity index (χ2v) is 2.45. The predicted octanol–water partition coefficient (Wildman–Crippen LogP) is 1.40. The fourth-order valence-corrected chi connectivity index (χ4v) is 1.38. The summed E-state index contributed by atoms with van der Waals surface area (Å²) in [7, 11) is 0. The Kier molecular flexibility index (Phi) is 0.729. The van der Waals surface area contributed by atoms with Gasteiger partial charge < -0.3 is 0 Å². The summed E-state index contributed by atoms with van der Waals surface area (Å²) in [5.74, 6) is 0. The highest BCUT2D eigenvalue weighted by molar-refractivity contribution is 7.10. The van der Waals surface area contributed by atoms with Crippen LogP contribution in [0, 0.1) is 0 Å². The van der Waals surface area contributed by atoms with Crippen LogP contribution in [-0.2, 0) is 6.42 Å². The Balaban J connectivity index is 2.67. The third-order valence-electron chi connectivity index (χ3n) is 1.14. The lowest BCUT2D eigenvalue weighted by Crippen LogP contribution is -1.71. The van der Waals surface area contributed by atoms with Gasteiger partial charge in [0.2, 0.25) is 0 Å². The van der Waals surface area contributed by atoms with Crippen molar-refractivity contribution in [1.29, 1.82) is 0 Å². The number of hydrogen-bond acceptors (Lipinski definition) is 3. The molecule has 0 saturated heterocycles. The van der Waals surface area contributed by atoms with E-state index in [1.165, 1.54) is 17.1 Å². The zero-order valence-corrected chi connectivity index (χ0v) is 4.98. The molecule has 2 nitrogen and oxygen atoms in total. The maximum Gasteiger partial charge on any atom is 0.139 e. The van der Waals surface area contributed by atoms with E-state index >= 15 is 0 Å². The zero-order chi connectivity index (χ0) is 5.40. The molecule has 2 heterocycles. The molecule has 0 amide bonds. The second kappa shape index (κ2) is 1.39. The predicted molar refractivity (Wildman–Crippen MR) is 34.0 cm³/mol. The van der Waals surface area contributed by atoms with E-state index in [2.05, 4.69) is 9.37 Å². The Bertz CT molecular complexity index is 226. The topological polar surface area (TPSA) is 25.2 Å². The molecule has 0 unspecified atom stereocenters. The van der Waals surface area contributed by atoms with Crippen molar-refractivity contribution in [1.82, 2.24) is 4.37 Å². The van der Waals surface area contributed by atoms with Crippen LogP contribution in [0.1, 0.15) is 5.56 Å². The van der Waals surface area contributed by atoms with E-state index in [-0.39, 0.29) is 0 Å². The van der Waals surface area contributed by atoms with Gasteiger partial charge in [0.15, 0.2) is 0 Å². The fraction of sp³-hybridized carbons (Fsp3) is 0.200. The van der Waals surface area contributed by atoms with Gasteiger partial charge in [0.1, 0.15) is 5.00 Å². The van der Waals surface area contributed by atoms with Crippen molar-refractivity contribution >= 4 is 22.7 Å². The van der Waals surface area contributed by atoms with Crippen molar-refractivity contribution in [3.63, 3.8) is 0 Å². The quantitative estimate of drug-likeness (QED) is 0.513. The summed E-state index contributed by atoms with van der Waals surface area (Å²) in [4.78, 5) is 4.09. The molecule has 0 fully saturated rings. The molecule has 8 heavy (non-hydrogen) atoms. The molecule has 0 atom stereocenters. The van der Waals surface area contributed by atoms with Gasteiger partial charge in [0, 0.05) is 24.4 Å². The Labute approximate surface area is 51.1 Å². The maximum absolute atomic E-state index is 4.09. The molecule has 2 rings (SSSR count). The first-order valence-corrected chi connectivity index (χ1v) is 3.20. The van der Waals surface area contributed by atoms with Crippen LogP contribution in [0.15, 0.2) is 11.2 Å². The van der Waals surface area contributed by atoms with E-state index in [1.54, 1.807) is 0 Å². The summed E-state index contributed by atoms with van der Waals surface area (Å²) in [5.41, 5.74) is 1.27. The molecule has 1 aliphatic rings. The molecule has 1 aliphatic heterocycles. The molecule has 3 heteroatoms. The summed E-state index contributed by atoms with van der Waals surface area (Å²) in [6.07, 6.45) is 4.78. The molecule has 0 aliphatic carbocycles. The number of hydrogen-bond donors (Lipinski definition) is 0. The minimum atomic E-state index is 0.978. The number of rotatable bonds is 0. The van der Waals surface area contributed by atoms with Crippen LogP contribution in [0.4, 0.5) is 5.00 Å². The van der Waals surface area contributed by atoms with Crippen molar-refractivity contribution in [2.75, 3.05) is 0 Å². The van der Waals surface area contributed by atoms with Crippen LogP contribution >= 0.6 is 11.5 Å². The van der Waals surface area contributed by atoms with Crippen LogP contribution in [0.3, 0.4) is 0 Å². The summed E-state index contributed by atoms with van der Waals surface area (Å²) < 4.78 is 3.97. The van der Waals surface area contributed by atoms with Gasteiger partial charge >= 0.3 is 0 Å². The Hall–Kier alpha value is -0.700. The monoisotopic (exact) mass is 124 g/mol. The number of aliphatic imine (C=N–C) groups is 1. The normalized spacial score (nSPS) is 14.5. The van der Waals surface area contributed by atoms with E-state index in [9.17, 15) is 0 Å². The number of fused-ring (bicyclic) bond motifs is 1. The van der Waals surface area contributed by atoms with Crippen molar-refractivity contribution < 1.29 is 0 Å². The lowest BCUT2D eigenvalue weighted by atomic mass is 10.3. The highest BCUT2D eigenvalue weighted by atomic mass is 32.1. The largest absolute Gasteiger partial charge is 0.248 e. The minimum absolute atomic E-state index is 0.978. The highest BCUT2D eigenvalue weighted by Gasteiger charge is 2.06. The summed E-state index contributed by atoms with van der Waals surface area (Å²) in [6.45, 7) is 0. The lowest BCUT2D eigenvalue weighted by Gasteiger charge is -1.75. The summed E-state index contributed by atoms with van der Waals surface area (Å²) >= 11 is 1.46. The SMILES string of the molecule is C1=Nc2sncc2C1. The average Bonchev–Trinajstić information content (AvgIpc) is 2.15. The zero-order valence-electron chi connectivity index (χ0n) is 4.16. The van der Waals surface area contributed by atoms with Gasteiger partial charge in [0.25, 0.3) is 0 Å². The van der Waals surface area contributed by atoms with Crippen LogP contribution in [0.2, 0.25) is 0 Å². The van der Waals surface area contributed by atoms with Crippen LogP contribution in [-0.4, -0.2) is 10.6 Å². The van der Waals surface area contributed by atoms with Gasteiger partial charge in [-0.2, -0.15) is 4.37 Å². The van der Waals surface area contributed by atoms with E-state index in [0.29, 0.717) is 0 Å². The number of aromatic nitrogens is 1. The van der Waals surface area contributed by atoms with Gasteiger partial charge in [-0.15, -0.1) is 0 Å². The Morgan fingerprint density at radius 3 is 3.50 bits per heavy atom. The molecular formula is C5H4N2S. The van der Waals surface area contributed by atoms with Crippen molar-refractivity contribution in [3.8, 4) is 0 Å². The Morgan fingerprint density at radius 1 is 1.62 bits per heavy atom. The van der Waals surface area contributed by atoms with E-state index in [4.69, 9.17) is 0 Å². The number of nitrogens with zero attached hydrogens (tertiary/aromatic N) is 2.